The minimum atomic E-state index is 0.811. The van der Waals surface area contributed by atoms with Crippen molar-refractivity contribution >= 4 is 0 Å². The lowest BCUT2D eigenvalue weighted by atomic mass is 9.89. The van der Waals surface area contributed by atoms with Crippen LogP contribution in [-0.2, 0) is 0 Å². The van der Waals surface area contributed by atoms with Gasteiger partial charge in [0.2, 0.25) is 0 Å². The summed E-state index contributed by atoms with van der Waals surface area (Å²) in [5, 5.41) is 3.45. The lowest BCUT2D eigenvalue weighted by Gasteiger charge is -2.21. The smallest absolute Gasteiger partial charge is 0.0580 e. The Bertz CT molecular complexity index is 366. The van der Waals surface area contributed by atoms with Gasteiger partial charge in [-0.05, 0) is 37.4 Å². The zero-order valence-electron chi connectivity index (χ0n) is 10.4. The first-order valence-electron chi connectivity index (χ1n) is 6.70. The fourth-order valence-corrected chi connectivity index (χ4v) is 2.40. The average molecular weight is 227 g/mol. The van der Waals surface area contributed by atoms with E-state index in [0.29, 0.717) is 0 Å². The van der Waals surface area contributed by atoms with Gasteiger partial charge in [0, 0.05) is 5.56 Å². The first-order valence-corrected chi connectivity index (χ1v) is 6.70. The first kappa shape index (κ1) is 12.2. The van der Waals surface area contributed by atoms with Crippen LogP contribution in [0, 0.1) is 17.8 Å². The molecule has 1 saturated carbocycles. The molecule has 0 saturated heterocycles. The molecule has 0 amide bonds. The average Bonchev–Trinajstić information content (AvgIpc) is 2.41. The highest BCUT2D eigenvalue weighted by Crippen LogP contribution is 2.22. The lowest BCUT2D eigenvalue weighted by molar-refractivity contribution is 0.347. The van der Waals surface area contributed by atoms with Crippen molar-refractivity contribution in [3.63, 3.8) is 0 Å². The molecule has 1 aromatic rings. The van der Waals surface area contributed by atoms with Gasteiger partial charge in [-0.15, -0.1) is 0 Å². The zero-order chi connectivity index (χ0) is 11.8. The molecule has 1 N–H and O–H groups in total. The third-order valence-corrected chi connectivity index (χ3v) is 3.38. The predicted octanol–water partition coefficient (Wildman–Crippen LogP) is 3.21. The lowest BCUT2D eigenvalue weighted by Crippen LogP contribution is -2.24. The number of hydrogen-bond acceptors (Lipinski definition) is 1. The first-order chi connectivity index (χ1) is 8.45. The molecule has 0 spiro atoms. The molecule has 1 heteroatoms. The van der Waals surface area contributed by atoms with Crippen LogP contribution in [0.1, 0.15) is 37.7 Å². The highest BCUT2D eigenvalue weighted by Gasteiger charge is 2.11. The molecule has 0 unspecified atom stereocenters. The van der Waals surface area contributed by atoms with E-state index in [1.807, 2.05) is 30.3 Å². The van der Waals surface area contributed by atoms with Crippen molar-refractivity contribution in [1.29, 1.82) is 0 Å². The summed E-state index contributed by atoms with van der Waals surface area (Å²) in [6.45, 7) is 1.95. The van der Waals surface area contributed by atoms with E-state index in [-0.39, 0.29) is 0 Å². The van der Waals surface area contributed by atoms with E-state index >= 15 is 0 Å². The summed E-state index contributed by atoms with van der Waals surface area (Å²) in [4.78, 5) is 0. The van der Waals surface area contributed by atoms with E-state index in [0.717, 1.165) is 24.6 Å². The summed E-state index contributed by atoms with van der Waals surface area (Å²) in [5.74, 6) is 7.24. The summed E-state index contributed by atoms with van der Waals surface area (Å²) in [7, 11) is 0. The van der Waals surface area contributed by atoms with Gasteiger partial charge in [0.25, 0.3) is 0 Å². The molecule has 0 heterocycles. The fourth-order valence-electron chi connectivity index (χ4n) is 2.40. The summed E-state index contributed by atoms with van der Waals surface area (Å²) in [6, 6.07) is 10.2. The van der Waals surface area contributed by atoms with Crippen molar-refractivity contribution in [2.24, 2.45) is 5.92 Å². The summed E-state index contributed by atoms with van der Waals surface area (Å²) < 4.78 is 0. The highest BCUT2D eigenvalue weighted by molar-refractivity contribution is 5.33. The number of nitrogens with one attached hydrogen (secondary N) is 1. The van der Waals surface area contributed by atoms with Crippen molar-refractivity contribution in [3.05, 3.63) is 35.9 Å². The molecule has 0 aromatic heterocycles. The van der Waals surface area contributed by atoms with E-state index in [4.69, 9.17) is 0 Å². The van der Waals surface area contributed by atoms with Crippen molar-refractivity contribution in [2.45, 2.75) is 32.1 Å². The largest absolute Gasteiger partial charge is 0.306 e. The van der Waals surface area contributed by atoms with Gasteiger partial charge in [0.1, 0.15) is 0 Å². The quantitative estimate of drug-likeness (QED) is 0.617. The highest BCUT2D eigenvalue weighted by atomic mass is 14.8. The molecular weight excluding hydrogens is 206 g/mol. The topological polar surface area (TPSA) is 12.0 Å². The van der Waals surface area contributed by atoms with E-state index in [1.54, 1.807) is 0 Å². The van der Waals surface area contributed by atoms with Crippen LogP contribution in [-0.4, -0.2) is 13.1 Å². The second-order valence-electron chi connectivity index (χ2n) is 4.80. The summed E-state index contributed by atoms with van der Waals surface area (Å²) in [6.07, 6.45) is 7.08. The van der Waals surface area contributed by atoms with E-state index in [2.05, 4.69) is 17.2 Å². The van der Waals surface area contributed by atoms with Crippen LogP contribution in [0.4, 0.5) is 0 Å². The molecule has 1 aliphatic rings. The molecule has 0 aliphatic heterocycles. The molecule has 90 valence electrons. The third kappa shape index (κ3) is 4.63. The maximum atomic E-state index is 3.45. The van der Waals surface area contributed by atoms with Gasteiger partial charge in [-0.25, -0.2) is 0 Å². The summed E-state index contributed by atoms with van der Waals surface area (Å²) in [5.41, 5.74) is 1.10. The van der Waals surface area contributed by atoms with Crippen LogP contribution in [0.2, 0.25) is 0 Å². The molecule has 1 fully saturated rings. The van der Waals surface area contributed by atoms with Crippen LogP contribution in [0.3, 0.4) is 0 Å². The van der Waals surface area contributed by atoms with Crippen molar-refractivity contribution < 1.29 is 0 Å². The predicted molar refractivity (Wildman–Crippen MR) is 72.8 cm³/mol. The monoisotopic (exact) mass is 227 g/mol. The van der Waals surface area contributed by atoms with Crippen LogP contribution in [0.25, 0.3) is 0 Å². The van der Waals surface area contributed by atoms with Gasteiger partial charge in [0.15, 0.2) is 0 Å². The Morgan fingerprint density at radius 3 is 2.59 bits per heavy atom. The maximum absolute atomic E-state index is 3.45. The van der Waals surface area contributed by atoms with Crippen molar-refractivity contribution in [1.82, 2.24) is 5.32 Å². The Morgan fingerprint density at radius 2 is 1.82 bits per heavy atom. The third-order valence-electron chi connectivity index (χ3n) is 3.38. The van der Waals surface area contributed by atoms with Crippen molar-refractivity contribution in [3.8, 4) is 11.8 Å². The van der Waals surface area contributed by atoms with Gasteiger partial charge in [-0.1, -0.05) is 49.3 Å². The molecule has 1 aromatic carbocycles. The zero-order valence-corrected chi connectivity index (χ0v) is 10.4. The Hall–Kier alpha value is -1.26. The van der Waals surface area contributed by atoms with E-state index < -0.39 is 0 Å². The SMILES string of the molecule is C(#Cc1ccccc1)CNCC1CCCCC1. The minimum absolute atomic E-state index is 0.811. The standard InChI is InChI=1S/C16H21N/c1-3-8-15(9-4-1)12-7-13-17-14-16-10-5-2-6-11-16/h1,3-4,8-9,16-17H,2,5-6,10-11,13-14H2. The second-order valence-corrected chi connectivity index (χ2v) is 4.80. The summed E-state index contributed by atoms with van der Waals surface area (Å²) >= 11 is 0. The van der Waals surface area contributed by atoms with E-state index in [9.17, 15) is 0 Å². The molecule has 17 heavy (non-hydrogen) atoms. The van der Waals surface area contributed by atoms with E-state index in [1.165, 1.54) is 32.1 Å². The minimum Gasteiger partial charge on any atom is -0.306 e. The molecule has 1 nitrogen and oxygen atoms in total. The molecule has 0 radical (unpaired) electrons. The van der Waals surface area contributed by atoms with Crippen LogP contribution >= 0.6 is 0 Å². The maximum Gasteiger partial charge on any atom is 0.0580 e. The van der Waals surface area contributed by atoms with Gasteiger partial charge in [0.05, 0.1) is 6.54 Å². The second kappa shape index (κ2) is 7.14. The molecule has 0 atom stereocenters. The Morgan fingerprint density at radius 1 is 1.06 bits per heavy atom. The number of hydrogen-bond donors (Lipinski definition) is 1. The van der Waals surface area contributed by atoms with Crippen molar-refractivity contribution in [2.75, 3.05) is 13.1 Å². The number of benzene rings is 1. The molecule has 1 aliphatic carbocycles. The number of rotatable bonds is 3. The van der Waals surface area contributed by atoms with Crippen LogP contribution in [0.5, 0.6) is 0 Å². The normalized spacial score (nSPS) is 16.2. The molecular formula is C16H21N. The molecule has 2 rings (SSSR count). The molecule has 0 bridgehead atoms. The van der Waals surface area contributed by atoms with Gasteiger partial charge < -0.3 is 5.32 Å². The Labute approximate surface area is 105 Å². The Balaban J connectivity index is 1.64. The van der Waals surface area contributed by atoms with Gasteiger partial charge in [-0.3, -0.25) is 0 Å². The van der Waals surface area contributed by atoms with Gasteiger partial charge >= 0.3 is 0 Å². The Kier molecular flexibility index (Phi) is 5.13. The fraction of sp³-hybridized carbons (Fsp3) is 0.500. The van der Waals surface area contributed by atoms with Gasteiger partial charge in [-0.2, -0.15) is 0 Å². The van der Waals surface area contributed by atoms with Crippen LogP contribution < -0.4 is 5.32 Å². The van der Waals surface area contributed by atoms with Crippen LogP contribution in [0.15, 0.2) is 30.3 Å².